The van der Waals surface area contributed by atoms with Gasteiger partial charge < -0.3 is 9.90 Å². The Bertz CT molecular complexity index is 179. The fourth-order valence-electron chi connectivity index (χ4n) is 1.63. The molecule has 1 aliphatic carbocycles. The molecule has 0 heterocycles. The van der Waals surface area contributed by atoms with Gasteiger partial charge in [0.2, 0.25) is 0 Å². The Kier molecular flexibility index (Phi) is 5.40. The van der Waals surface area contributed by atoms with Gasteiger partial charge in [0.1, 0.15) is 5.97 Å². The first-order valence-corrected chi connectivity index (χ1v) is 4.14. The summed E-state index contributed by atoms with van der Waals surface area (Å²) in [4.78, 5) is 10.1. The molecule has 5 heteroatoms. The van der Waals surface area contributed by atoms with Crippen molar-refractivity contribution in [2.75, 3.05) is 0 Å². The number of rotatable bonds is 2. The van der Waals surface area contributed by atoms with Crippen LogP contribution in [0.1, 0.15) is 32.1 Å². The van der Waals surface area contributed by atoms with Gasteiger partial charge in [-0.05, 0) is 12.8 Å². The summed E-state index contributed by atoms with van der Waals surface area (Å²) in [5.41, 5.74) is 0. The van der Waals surface area contributed by atoms with Crippen molar-refractivity contribution in [3.05, 3.63) is 0 Å². The molecule has 0 saturated heterocycles. The van der Waals surface area contributed by atoms with E-state index in [1.165, 1.54) is 0 Å². The zero-order chi connectivity index (χ0) is 9.19. The van der Waals surface area contributed by atoms with Gasteiger partial charge in [-0.2, -0.15) is 8.78 Å². The fraction of sp³-hybridized carbons (Fsp3) is 0.875. The zero-order valence-electron chi connectivity index (χ0n) is 7.69. The maximum atomic E-state index is 12.8. The van der Waals surface area contributed by atoms with Crippen molar-refractivity contribution in [3.8, 4) is 0 Å². The molecule has 0 N–H and O–H groups in total. The molecule has 1 aliphatic rings. The predicted molar refractivity (Wildman–Crippen MR) is 36.5 cm³/mol. The topological polar surface area (TPSA) is 40.1 Å². The van der Waals surface area contributed by atoms with Crippen LogP contribution in [0.15, 0.2) is 0 Å². The summed E-state index contributed by atoms with van der Waals surface area (Å²) in [5, 5.41) is 10.1. The van der Waals surface area contributed by atoms with Gasteiger partial charge in [0.25, 0.3) is 5.92 Å². The van der Waals surface area contributed by atoms with Crippen LogP contribution >= 0.6 is 0 Å². The Balaban J connectivity index is 0.00000144. The molecular weight excluding hydrogens is 189 g/mol. The smallest absolute Gasteiger partial charge is 0.544 e. The number of hydrogen-bond donors (Lipinski definition) is 0. The van der Waals surface area contributed by atoms with E-state index in [9.17, 15) is 18.7 Å². The van der Waals surface area contributed by atoms with E-state index in [1.807, 2.05) is 0 Å². The summed E-state index contributed by atoms with van der Waals surface area (Å²) in [6.45, 7) is 0. The van der Waals surface area contributed by atoms with Gasteiger partial charge >= 0.3 is 29.6 Å². The molecule has 13 heavy (non-hydrogen) atoms. The third kappa shape index (κ3) is 3.18. The number of carboxylic acids is 1. The van der Waals surface area contributed by atoms with Crippen molar-refractivity contribution in [2.24, 2.45) is 5.92 Å². The van der Waals surface area contributed by atoms with Crippen molar-refractivity contribution < 1.29 is 48.2 Å². The molecule has 1 rings (SSSR count). The van der Waals surface area contributed by atoms with Gasteiger partial charge in [-0.25, -0.2) is 0 Å². The summed E-state index contributed by atoms with van der Waals surface area (Å²) in [6.07, 6.45) is 2.95. The van der Waals surface area contributed by atoms with Crippen LogP contribution in [0.5, 0.6) is 0 Å². The summed E-state index contributed by atoms with van der Waals surface area (Å²) in [5.74, 6) is -6.86. The second-order valence-corrected chi connectivity index (χ2v) is 3.25. The van der Waals surface area contributed by atoms with Gasteiger partial charge in [0.05, 0.1) is 0 Å². The number of alkyl halides is 2. The molecule has 0 unspecified atom stereocenters. The zero-order valence-corrected chi connectivity index (χ0v) is 9.69. The first-order valence-electron chi connectivity index (χ1n) is 4.14. The Hall–Kier alpha value is 0.330. The summed E-state index contributed by atoms with van der Waals surface area (Å²) in [7, 11) is 0. The molecule has 1 saturated carbocycles. The molecule has 70 valence electrons. The number of carbonyl (C=O) groups excluding carboxylic acids is 1. The first kappa shape index (κ1) is 13.3. The van der Waals surface area contributed by atoms with Crippen LogP contribution in [0.4, 0.5) is 8.78 Å². The molecule has 0 aliphatic heterocycles. The SMILES string of the molecule is O=C([O-])C(F)(F)C1CCCCC1.[Na+]. The van der Waals surface area contributed by atoms with Gasteiger partial charge in [0.15, 0.2) is 0 Å². The van der Waals surface area contributed by atoms with E-state index >= 15 is 0 Å². The molecule has 0 atom stereocenters. The minimum Gasteiger partial charge on any atom is -0.544 e. The average Bonchev–Trinajstić information content (AvgIpc) is 2.06. The van der Waals surface area contributed by atoms with Gasteiger partial charge in [-0.1, -0.05) is 19.3 Å². The van der Waals surface area contributed by atoms with Crippen LogP contribution < -0.4 is 34.7 Å². The molecule has 2 nitrogen and oxygen atoms in total. The minimum absolute atomic E-state index is 0. The van der Waals surface area contributed by atoms with Crippen LogP contribution in [0, 0.1) is 5.92 Å². The Morgan fingerprint density at radius 1 is 1.23 bits per heavy atom. The first-order chi connectivity index (χ1) is 5.55. The average molecular weight is 200 g/mol. The van der Waals surface area contributed by atoms with E-state index < -0.39 is 17.8 Å². The van der Waals surface area contributed by atoms with Gasteiger partial charge in [-0.15, -0.1) is 0 Å². The number of halogens is 2. The standard InChI is InChI=1S/C8H12F2O2.Na/c9-8(10,7(11)12)6-4-2-1-3-5-6;/h6H,1-5H2,(H,11,12);/q;+1/p-1. The summed E-state index contributed by atoms with van der Waals surface area (Å²) in [6, 6.07) is 0. The summed E-state index contributed by atoms with van der Waals surface area (Å²) < 4.78 is 25.5. The number of carbonyl (C=O) groups is 1. The van der Waals surface area contributed by atoms with Crippen LogP contribution in [-0.2, 0) is 4.79 Å². The quantitative estimate of drug-likeness (QED) is 0.482. The molecule has 0 radical (unpaired) electrons. The maximum Gasteiger partial charge on any atom is 1.00 e. The molecule has 0 amide bonds. The maximum absolute atomic E-state index is 12.8. The molecule has 0 bridgehead atoms. The Labute approximate surface area is 98.0 Å². The van der Waals surface area contributed by atoms with E-state index in [4.69, 9.17) is 0 Å². The summed E-state index contributed by atoms with van der Waals surface area (Å²) >= 11 is 0. The van der Waals surface area contributed by atoms with Crippen molar-refractivity contribution in [1.29, 1.82) is 0 Å². The van der Waals surface area contributed by atoms with E-state index in [2.05, 4.69) is 0 Å². The van der Waals surface area contributed by atoms with Gasteiger partial charge in [0, 0.05) is 5.92 Å². The van der Waals surface area contributed by atoms with Crippen LogP contribution in [0.3, 0.4) is 0 Å². The third-order valence-corrected chi connectivity index (χ3v) is 2.39. The van der Waals surface area contributed by atoms with E-state index in [1.54, 1.807) is 0 Å². The molecule has 0 aromatic carbocycles. The van der Waals surface area contributed by atoms with Crippen LogP contribution in [0.2, 0.25) is 0 Å². The number of hydrogen-bond acceptors (Lipinski definition) is 2. The normalized spacial score (nSPS) is 19.2. The third-order valence-electron chi connectivity index (χ3n) is 2.39. The fourth-order valence-corrected chi connectivity index (χ4v) is 1.63. The Morgan fingerprint density at radius 2 is 1.69 bits per heavy atom. The molecule has 0 spiro atoms. The molecule has 0 aromatic heterocycles. The minimum atomic E-state index is -3.62. The predicted octanol–water partition coefficient (Wildman–Crippen LogP) is -2.04. The van der Waals surface area contributed by atoms with Crippen molar-refractivity contribution in [2.45, 2.75) is 38.0 Å². The van der Waals surface area contributed by atoms with Gasteiger partial charge in [-0.3, -0.25) is 0 Å². The van der Waals surface area contributed by atoms with Crippen LogP contribution in [-0.4, -0.2) is 11.9 Å². The molecule has 0 aromatic rings. The van der Waals surface area contributed by atoms with Crippen molar-refractivity contribution in [1.82, 2.24) is 0 Å². The second-order valence-electron chi connectivity index (χ2n) is 3.25. The van der Waals surface area contributed by atoms with E-state index in [-0.39, 0.29) is 29.6 Å². The monoisotopic (exact) mass is 200 g/mol. The van der Waals surface area contributed by atoms with Crippen molar-refractivity contribution in [3.63, 3.8) is 0 Å². The second kappa shape index (κ2) is 5.27. The largest absolute Gasteiger partial charge is 1.00 e. The van der Waals surface area contributed by atoms with Crippen LogP contribution in [0.25, 0.3) is 0 Å². The van der Waals surface area contributed by atoms with Crippen molar-refractivity contribution >= 4 is 5.97 Å². The number of carboxylic acid groups (broad SMARTS) is 1. The van der Waals surface area contributed by atoms with E-state index in [0.717, 1.165) is 6.42 Å². The molecule has 1 fully saturated rings. The molecular formula is C8H11F2NaO2. The Morgan fingerprint density at radius 3 is 2.08 bits per heavy atom. The number of aliphatic carboxylic acids is 1. The van der Waals surface area contributed by atoms with E-state index in [0.29, 0.717) is 25.7 Å².